The molecule has 3 heterocycles. The third-order valence-corrected chi connectivity index (χ3v) is 11.5. The van der Waals surface area contributed by atoms with Crippen LogP contribution in [0.4, 0.5) is 4.79 Å². The van der Waals surface area contributed by atoms with Gasteiger partial charge in [0.25, 0.3) is 0 Å². The Hall–Kier alpha value is -5.25. The van der Waals surface area contributed by atoms with Gasteiger partial charge in [-0.3, -0.25) is 14.4 Å². The van der Waals surface area contributed by atoms with Gasteiger partial charge < -0.3 is 24.8 Å². The number of nitrogens with one attached hydrogen (secondary N) is 2. The van der Waals surface area contributed by atoms with E-state index in [0.29, 0.717) is 0 Å². The van der Waals surface area contributed by atoms with E-state index in [9.17, 15) is 19.2 Å². The van der Waals surface area contributed by atoms with Crippen LogP contribution in [-0.4, -0.2) is 75.2 Å². The van der Waals surface area contributed by atoms with Crippen LogP contribution in [0.5, 0.6) is 0 Å². The Balaban J connectivity index is 0.990. The van der Waals surface area contributed by atoms with E-state index in [0.717, 1.165) is 78.0 Å². The van der Waals surface area contributed by atoms with Crippen molar-refractivity contribution in [1.82, 2.24) is 25.1 Å². The number of alkyl carbamates (subject to hydrolysis) is 1. The maximum Gasteiger partial charge on any atom is 0.407 e. The maximum absolute atomic E-state index is 13.8. The van der Waals surface area contributed by atoms with E-state index >= 15 is 0 Å². The van der Waals surface area contributed by atoms with E-state index in [2.05, 4.69) is 34.6 Å². The van der Waals surface area contributed by atoms with Gasteiger partial charge in [0.2, 0.25) is 11.8 Å². The quantitative estimate of drug-likeness (QED) is 0.171. The third kappa shape index (κ3) is 7.36. The van der Waals surface area contributed by atoms with Gasteiger partial charge in [-0.2, -0.15) is 0 Å². The van der Waals surface area contributed by atoms with Crippen molar-refractivity contribution in [3.05, 3.63) is 102 Å². The number of carbonyl (C=O) groups is 4. The average Bonchev–Trinajstić information content (AvgIpc) is 4.02. The second-order valence-corrected chi connectivity index (χ2v) is 15.2. The molecule has 3 fully saturated rings. The van der Waals surface area contributed by atoms with Crippen molar-refractivity contribution >= 4 is 23.7 Å². The van der Waals surface area contributed by atoms with Crippen molar-refractivity contribution in [1.29, 1.82) is 0 Å². The second-order valence-electron chi connectivity index (χ2n) is 15.2. The first-order valence-corrected chi connectivity index (χ1v) is 18.9. The Morgan fingerprint density at radius 1 is 0.868 bits per heavy atom. The number of aromatic nitrogens is 2. The van der Waals surface area contributed by atoms with Gasteiger partial charge in [0.1, 0.15) is 11.9 Å². The summed E-state index contributed by atoms with van der Waals surface area (Å²) >= 11 is 0. The number of imidazole rings is 1. The molecule has 7 rings (SSSR count). The predicted molar refractivity (Wildman–Crippen MR) is 203 cm³/mol. The number of carbonyl (C=O) groups excluding carboxylic acids is 4. The fraction of sp³-hybridized carbons (Fsp3) is 0.419. The zero-order valence-corrected chi connectivity index (χ0v) is 31.0. The zero-order chi connectivity index (χ0) is 37.2. The minimum Gasteiger partial charge on any atom is -0.453 e. The summed E-state index contributed by atoms with van der Waals surface area (Å²) in [6, 6.07) is 25.0. The molecule has 2 bridgehead atoms. The number of ketones is 1. The lowest BCUT2D eigenvalue weighted by Gasteiger charge is -2.37. The number of fused-ring (bicyclic) bond motifs is 2. The van der Waals surface area contributed by atoms with Crippen molar-refractivity contribution < 1.29 is 23.9 Å². The van der Waals surface area contributed by atoms with Crippen molar-refractivity contribution in [2.24, 2.45) is 11.8 Å². The summed E-state index contributed by atoms with van der Waals surface area (Å²) in [5.74, 6) is 0.568. The second kappa shape index (κ2) is 15.4. The molecular formula is C43H49N5O5. The number of Topliss-reactive ketones (excluding diaryl/α,β-unsaturated/α-hetero) is 1. The number of hydrogen-bond acceptors (Lipinski definition) is 6. The van der Waals surface area contributed by atoms with Crippen molar-refractivity contribution in [2.75, 3.05) is 13.7 Å². The largest absolute Gasteiger partial charge is 0.453 e. The molecule has 3 amide bonds. The normalized spacial score (nSPS) is 21.8. The first kappa shape index (κ1) is 36.1. The molecule has 0 spiro atoms. The summed E-state index contributed by atoms with van der Waals surface area (Å²) in [5.41, 5.74) is 5.93. The molecule has 1 aliphatic carbocycles. The molecule has 4 aromatic rings. The average molecular weight is 716 g/mol. The lowest BCUT2D eigenvalue weighted by atomic mass is 9.90. The summed E-state index contributed by atoms with van der Waals surface area (Å²) in [7, 11) is 1.28. The van der Waals surface area contributed by atoms with Crippen LogP contribution in [-0.2, 0) is 25.5 Å². The first-order valence-electron chi connectivity index (χ1n) is 18.9. The highest BCUT2D eigenvalue weighted by Crippen LogP contribution is 2.44. The summed E-state index contributed by atoms with van der Waals surface area (Å²) in [5, 5.41) is 2.69. The molecule has 6 atom stereocenters. The van der Waals surface area contributed by atoms with Crippen LogP contribution in [0.1, 0.15) is 81.8 Å². The van der Waals surface area contributed by atoms with Crippen LogP contribution in [0.3, 0.4) is 0 Å². The number of benzene rings is 3. The Bertz CT molecular complexity index is 1940. The van der Waals surface area contributed by atoms with E-state index < -0.39 is 18.2 Å². The molecule has 1 aromatic heterocycles. The van der Waals surface area contributed by atoms with E-state index in [1.807, 2.05) is 86.5 Å². The fourth-order valence-electron chi connectivity index (χ4n) is 8.64. The number of aromatic amines is 1. The predicted octanol–water partition coefficient (Wildman–Crippen LogP) is 7.08. The van der Waals surface area contributed by atoms with E-state index in [4.69, 9.17) is 9.72 Å². The molecule has 2 N–H and O–H groups in total. The lowest BCUT2D eigenvalue weighted by Crippen LogP contribution is -2.57. The summed E-state index contributed by atoms with van der Waals surface area (Å²) in [4.78, 5) is 65.0. The highest BCUT2D eigenvalue weighted by atomic mass is 16.5. The number of rotatable bonds is 11. The SMILES string of the molecule is COC(=O)N[C@H](C(=O)N1C(C(=O)Cc2ccc(-c3ccc(-c4cnc([C@@H]5CCCN5C(=O)[C@H](C)c5ccccc5)[nH]4)cc3)cc2)[C@H]2CC[C@@H]1C2)C(C)C. The Labute approximate surface area is 311 Å². The first-order chi connectivity index (χ1) is 25.6. The number of piperidine rings is 1. The molecule has 276 valence electrons. The molecule has 3 aromatic carbocycles. The molecule has 2 aliphatic heterocycles. The van der Waals surface area contributed by atoms with E-state index in [1.165, 1.54) is 7.11 Å². The number of methoxy groups -OCH3 is 1. The minimum absolute atomic E-state index is 0.0243. The zero-order valence-electron chi connectivity index (χ0n) is 31.0. The monoisotopic (exact) mass is 715 g/mol. The molecule has 1 unspecified atom stereocenters. The summed E-state index contributed by atoms with van der Waals surface area (Å²) in [6.45, 7) is 6.47. The van der Waals surface area contributed by atoms with Gasteiger partial charge in [-0.05, 0) is 78.7 Å². The molecule has 53 heavy (non-hydrogen) atoms. The smallest absolute Gasteiger partial charge is 0.407 e. The molecular weight excluding hydrogens is 667 g/mol. The number of hydrogen-bond donors (Lipinski definition) is 2. The number of nitrogens with zero attached hydrogens (tertiary/aromatic N) is 3. The summed E-state index contributed by atoms with van der Waals surface area (Å²) in [6.07, 6.45) is 5.91. The molecule has 10 nitrogen and oxygen atoms in total. The van der Waals surface area contributed by atoms with Crippen LogP contribution in [0, 0.1) is 11.8 Å². The number of likely N-dealkylation sites (tertiary alicyclic amines) is 2. The van der Waals surface area contributed by atoms with Crippen molar-refractivity contribution in [3.8, 4) is 22.4 Å². The number of H-pyrrole nitrogens is 1. The van der Waals surface area contributed by atoms with Gasteiger partial charge in [-0.25, -0.2) is 9.78 Å². The van der Waals surface area contributed by atoms with Gasteiger partial charge in [-0.15, -0.1) is 0 Å². The van der Waals surface area contributed by atoms with Crippen LogP contribution in [0.25, 0.3) is 22.4 Å². The van der Waals surface area contributed by atoms with E-state index in [1.54, 1.807) is 4.90 Å². The number of ether oxygens (including phenoxy) is 1. The van der Waals surface area contributed by atoms with Gasteiger partial charge in [0.15, 0.2) is 5.78 Å². The van der Waals surface area contributed by atoms with Crippen molar-refractivity contribution in [3.63, 3.8) is 0 Å². The maximum atomic E-state index is 13.8. The number of amides is 3. The topological polar surface area (TPSA) is 125 Å². The highest BCUT2D eigenvalue weighted by molar-refractivity contribution is 5.94. The standard InChI is InChI=1S/C43H49N5O5/c1-26(2)38(46-43(52)53-4)42(51)48-34-21-20-33(24-34)39(48)37(49)23-28-12-14-30(15-13-28)31-16-18-32(19-17-31)35-25-44-40(45-35)36-11-8-22-47(36)41(50)27(3)29-9-6-5-7-10-29/h5-7,9-10,12-19,25-27,33-34,36,38-39H,8,11,20-24H2,1-4H3,(H,44,45)(H,46,52)/t27-,33+,34-,36+,38+,39?/m1/s1. The molecule has 0 radical (unpaired) electrons. The van der Waals surface area contributed by atoms with Crippen LogP contribution in [0.15, 0.2) is 85.1 Å². The van der Waals surface area contributed by atoms with E-state index in [-0.39, 0.29) is 53.9 Å². The van der Waals surface area contributed by atoms with Gasteiger partial charge >= 0.3 is 6.09 Å². The molecule has 2 saturated heterocycles. The molecule has 1 saturated carbocycles. The molecule has 3 aliphatic rings. The van der Waals surface area contributed by atoms with Crippen LogP contribution >= 0.6 is 0 Å². The van der Waals surface area contributed by atoms with Gasteiger partial charge in [0, 0.05) is 19.0 Å². The van der Waals surface area contributed by atoms with Crippen LogP contribution < -0.4 is 5.32 Å². The van der Waals surface area contributed by atoms with Gasteiger partial charge in [-0.1, -0.05) is 92.7 Å². The fourth-order valence-corrected chi connectivity index (χ4v) is 8.64. The Morgan fingerprint density at radius 3 is 2.23 bits per heavy atom. The summed E-state index contributed by atoms with van der Waals surface area (Å²) < 4.78 is 4.77. The third-order valence-electron chi connectivity index (χ3n) is 11.5. The van der Waals surface area contributed by atoms with Crippen LogP contribution in [0.2, 0.25) is 0 Å². The lowest BCUT2D eigenvalue weighted by molar-refractivity contribution is -0.144. The van der Waals surface area contributed by atoms with Gasteiger partial charge in [0.05, 0.1) is 37.0 Å². The Kier molecular flexibility index (Phi) is 10.5. The molecule has 10 heteroatoms. The highest BCUT2D eigenvalue weighted by Gasteiger charge is 2.52. The minimum atomic E-state index is -0.750. The van der Waals surface area contributed by atoms with Crippen molar-refractivity contribution in [2.45, 2.75) is 89.4 Å². The Morgan fingerprint density at radius 2 is 1.55 bits per heavy atom.